The number of furan rings is 1. The predicted molar refractivity (Wildman–Crippen MR) is 62.6 cm³/mol. The van der Waals surface area contributed by atoms with Crippen LogP contribution in [0, 0.1) is 5.92 Å². The number of amides is 1. The molecule has 16 heavy (non-hydrogen) atoms. The van der Waals surface area contributed by atoms with Crippen molar-refractivity contribution in [3.8, 4) is 0 Å². The molecule has 1 aromatic rings. The fourth-order valence-electron chi connectivity index (χ4n) is 2.32. The topological polar surface area (TPSA) is 42.2 Å². The largest absolute Gasteiger partial charge is 0.452 e. The highest BCUT2D eigenvalue weighted by atomic mass is 35.5. The minimum absolute atomic E-state index is 0.141. The minimum atomic E-state index is -0.141. The average Bonchev–Trinajstić information content (AvgIpc) is 2.86. The molecule has 1 aromatic heterocycles. The summed E-state index contributed by atoms with van der Waals surface area (Å²) < 4.78 is 4.90. The highest BCUT2D eigenvalue weighted by Crippen LogP contribution is 2.28. The molecule has 1 N–H and O–H groups in total. The third-order valence-corrected chi connectivity index (χ3v) is 3.62. The summed E-state index contributed by atoms with van der Waals surface area (Å²) >= 11 is 5.75. The predicted octanol–water partition coefficient (Wildman–Crippen LogP) is 3.24. The zero-order valence-corrected chi connectivity index (χ0v) is 10.1. The summed E-state index contributed by atoms with van der Waals surface area (Å²) in [6, 6.07) is 1.81. The summed E-state index contributed by atoms with van der Waals surface area (Å²) in [6.07, 6.45) is 6.40. The summed E-state index contributed by atoms with van der Waals surface area (Å²) in [4.78, 5) is 11.8. The van der Waals surface area contributed by atoms with E-state index in [1.807, 2.05) is 0 Å². The van der Waals surface area contributed by atoms with E-state index in [1.54, 1.807) is 6.07 Å². The Morgan fingerprint density at radius 1 is 1.56 bits per heavy atom. The van der Waals surface area contributed by atoms with Gasteiger partial charge in [0.2, 0.25) is 5.22 Å². The standard InChI is InChI=1S/C12H16ClNO2/c1-8(9-4-2-3-5-9)14-12(15)10-6-7-16-11(10)13/h6-9H,2-5H2,1H3,(H,14,15)/t8-/m0/s1. The molecule has 0 saturated heterocycles. The molecule has 0 spiro atoms. The summed E-state index contributed by atoms with van der Waals surface area (Å²) in [5.74, 6) is 0.466. The first-order valence-corrected chi connectivity index (χ1v) is 6.10. The van der Waals surface area contributed by atoms with Gasteiger partial charge in [-0.3, -0.25) is 4.79 Å². The monoisotopic (exact) mass is 241 g/mol. The van der Waals surface area contributed by atoms with Gasteiger partial charge >= 0.3 is 0 Å². The second-order valence-corrected chi connectivity index (χ2v) is 4.76. The van der Waals surface area contributed by atoms with Gasteiger partial charge in [-0.05, 0) is 43.4 Å². The number of carbonyl (C=O) groups is 1. The maximum Gasteiger partial charge on any atom is 0.256 e. The van der Waals surface area contributed by atoms with Gasteiger partial charge in [-0.1, -0.05) is 12.8 Å². The van der Waals surface area contributed by atoms with Crippen molar-refractivity contribution in [3.63, 3.8) is 0 Å². The van der Waals surface area contributed by atoms with E-state index < -0.39 is 0 Å². The molecule has 0 unspecified atom stereocenters. The van der Waals surface area contributed by atoms with Crippen LogP contribution < -0.4 is 5.32 Å². The van der Waals surface area contributed by atoms with E-state index in [0.29, 0.717) is 11.5 Å². The van der Waals surface area contributed by atoms with Gasteiger partial charge < -0.3 is 9.73 Å². The first-order valence-electron chi connectivity index (χ1n) is 5.72. The quantitative estimate of drug-likeness (QED) is 0.883. The Kier molecular flexibility index (Phi) is 3.54. The molecule has 2 rings (SSSR count). The SMILES string of the molecule is C[C@H](NC(=O)c1ccoc1Cl)C1CCCC1. The number of carbonyl (C=O) groups excluding carboxylic acids is 1. The van der Waals surface area contributed by atoms with E-state index in [2.05, 4.69) is 12.2 Å². The molecule has 1 saturated carbocycles. The van der Waals surface area contributed by atoms with Crippen molar-refractivity contribution in [2.24, 2.45) is 5.92 Å². The lowest BCUT2D eigenvalue weighted by Gasteiger charge is -2.19. The first-order chi connectivity index (χ1) is 7.68. The maximum atomic E-state index is 11.8. The van der Waals surface area contributed by atoms with Crippen LogP contribution in [0.5, 0.6) is 0 Å². The van der Waals surface area contributed by atoms with Gasteiger partial charge in [0, 0.05) is 6.04 Å². The Bertz CT molecular complexity index is 369. The Hall–Kier alpha value is -0.960. The van der Waals surface area contributed by atoms with Crippen molar-refractivity contribution in [1.82, 2.24) is 5.32 Å². The van der Waals surface area contributed by atoms with E-state index in [1.165, 1.54) is 31.9 Å². The van der Waals surface area contributed by atoms with Crippen molar-refractivity contribution < 1.29 is 9.21 Å². The first kappa shape index (κ1) is 11.5. The molecule has 1 aliphatic carbocycles. The zero-order chi connectivity index (χ0) is 11.5. The Morgan fingerprint density at radius 2 is 2.25 bits per heavy atom. The van der Waals surface area contributed by atoms with E-state index in [9.17, 15) is 4.79 Å². The van der Waals surface area contributed by atoms with Crippen molar-refractivity contribution in [2.45, 2.75) is 38.6 Å². The highest BCUT2D eigenvalue weighted by Gasteiger charge is 2.24. The molecule has 1 fully saturated rings. The van der Waals surface area contributed by atoms with Crippen LogP contribution in [0.4, 0.5) is 0 Å². The molecule has 0 radical (unpaired) electrons. The third kappa shape index (κ3) is 2.40. The Labute approximate surface area is 100 Å². The van der Waals surface area contributed by atoms with Crippen LogP contribution in [0.3, 0.4) is 0 Å². The summed E-state index contributed by atoms with van der Waals surface area (Å²) in [6.45, 7) is 2.06. The zero-order valence-electron chi connectivity index (χ0n) is 9.33. The van der Waals surface area contributed by atoms with Gasteiger partial charge in [-0.25, -0.2) is 0 Å². The molecule has 1 atom stereocenters. The normalized spacial score (nSPS) is 18.6. The van der Waals surface area contributed by atoms with Crippen LogP contribution >= 0.6 is 11.6 Å². The van der Waals surface area contributed by atoms with E-state index in [0.717, 1.165) is 0 Å². The second-order valence-electron chi connectivity index (χ2n) is 4.41. The van der Waals surface area contributed by atoms with Gasteiger partial charge in [0.05, 0.1) is 11.8 Å². The highest BCUT2D eigenvalue weighted by molar-refractivity contribution is 6.32. The lowest BCUT2D eigenvalue weighted by atomic mass is 9.99. The van der Waals surface area contributed by atoms with E-state index in [4.69, 9.17) is 16.0 Å². The summed E-state index contributed by atoms with van der Waals surface area (Å²) in [5.41, 5.74) is 0.423. The second kappa shape index (κ2) is 4.91. The molecule has 0 aliphatic heterocycles. The van der Waals surface area contributed by atoms with Gasteiger partial charge in [0.25, 0.3) is 5.91 Å². The fourth-order valence-corrected chi connectivity index (χ4v) is 2.52. The third-order valence-electron chi connectivity index (χ3n) is 3.33. The molecular weight excluding hydrogens is 226 g/mol. The van der Waals surface area contributed by atoms with E-state index >= 15 is 0 Å². The van der Waals surface area contributed by atoms with Crippen LogP contribution in [-0.2, 0) is 0 Å². The number of hydrogen-bond acceptors (Lipinski definition) is 2. The number of nitrogens with one attached hydrogen (secondary N) is 1. The molecule has 1 heterocycles. The molecule has 88 valence electrons. The lowest BCUT2D eigenvalue weighted by molar-refractivity contribution is 0.0927. The molecule has 0 aromatic carbocycles. The molecule has 1 aliphatic rings. The van der Waals surface area contributed by atoms with Gasteiger partial charge in [-0.2, -0.15) is 0 Å². The van der Waals surface area contributed by atoms with Crippen molar-refractivity contribution >= 4 is 17.5 Å². The van der Waals surface area contributed by atoms with Crippen molar-refractivity contribution in [1.29, 1.82) is 0 Å². The minimum Gasteiger partial charge on any atom is -0.452 e. The number of hydrogen-bond donors (Lipinski definition) is 1. The van der Waals surface area contributed by atoms with Crippen LogP contribution in [0.15, 0.2) is 16.7 Å². The number of rotatable bonds is 3. The molecular formula is C12H16ClNO2. The Balaban J connectivity index is 1.94. The van der Waals surface area contributed by atoms with Crippen LogP contribution in [-0.4, -0.2) is 11.9 Å². The van der Waals surface area contributed by atoms with Gasteiger partial charge in [0.15, 0.2) is 0 Å². The van der Waals surface area contributed by atoms with E-state index in [-0.39, 0.29) is 17.2 Å². The molecule has 0 bridgehead atoms. The van der Waals surface area contributed by atoms with Gasteiger partial charge in [0.1, 0.15) is 0 Å². The lowest BCUT2D eigenvalue weighted by Crippen LogP contribution is -2.37. The summed E-state index contributed by atoms with van der Waals surface area (Å²) in [7, 11) is 0. The Morgan fingerprint density at radius 3 is 2.81 bits per heavy atom. The average molecular weight is 242 g/mol. The van der Waals surface area contributed by atoms with Crippen molar-refractivity contribution in [2.75, 3.05) is 0 Å². The van der Waals surface area contributed by atoms with Crippen LogP contribution in [0.25, 0.3) is 0 Å². The smallest absolute Gasteiger partial charge is 0.256 e. The molecule has 1 amide bonds. The molecule has 4 heteroatoms. The van der Waals surface area contributed by atoms with Crippen LogP contribution in [0.2, 0.25) is 5.22 Å². The fraction of sp³-hybridized carbons (Fsp3) is 0.583. The molecule has 3 nitrogen and oxygen atoms in total. The van der Waals surface area contributed by atoms with Crippen molar-refractivity contribution in [3.05, 3.63) is 23.1 Å². The van der Waals surface area contributed by atoms with Crippen LogP contribution in [0.1, 0.15) is 43.0 Å². The maximum absolute atomic E-state index is 11.8. The number of halogens is 1. The van der Waals surface area contributed by atoms with Gasteiger partial charge in [-0.15, -0.1) is 0 Å². The summed E-state index contributed by atoms with van der Waals surface area (Å²) in [5, 5.41) is 3.14.